The van der Waals surface area contributed by atoms with E-state index < -0.39 is 5.41 Å². The lowest BCUT2D eigenvalue weighted by Crippen LogP contribution is -2.47. The molecule has 0 spiro atoms. The van der Waals surface area contributed by atoms with Gasteiger partial charge in [0.15, 0.2) is 5.96 Å². The summed E-state index contributed by atoms with van der Waals surface area (Å²) in [6.07, 6.45) is 0. The van der Waals surface area contributed by atoms with Gasteiger partial charge >= 0.3 is 0 Å². The number of aliphatic imine (C=N–C) groups is 1. The van der Waals surface area contributed by atoms with Crippen LogP contribution in [0, 0.1) is 12.3 Å². The first-order chi connectivity index (χ1) is 11.3. The summed E-state index contributed by atoms with van der Waals surface area (Å²) >= 11 is 0. The Bertz CT molecular complexity index is 588. The first-order valence-corrected chi connectivity index (χ1v) is 8.20. The SMILES string of the molecule is CCNC(=O)C(C)(C)CNC(=NC)NCc1ccc(C)cc1OC.I. The van der Waals surface area contributed by atoms with Crippen molar-refractivity contribution in [3.63, 3.8) is 0 Å². The van der Waals surface area contributed by atoms with Crippen LogP contribution < -0.4 is 20.7 Å². The van der Waals surface area contributed by atoms with Gasteiger partial charge in [-0.25, -0.2) is 0 Å². The van der Waals surface area contributed by atoms with Gasteiger partial charge in [-0.05, 0) is 39.3 Å². The molecule has 0 saturated heterocycles. The number of benzene rings is 1. The van der Waals surface area contributed by atoms with E-state index in [-0.39, 0.29) is 29.9 Å². The number of hydrogen-bond donors (Lipinski definition) is 3. The third-order valence-corrected chi connectivity index (χ3v) is 3.76. The summed E-state index contributed by atoms with van der Waals surface area (Å²) in [6.45, 7) is 9.46. The van der Waals surface area contributed by atoms with Gasteiger partial charge in [-0.1, -0.05) is 12.1 Å². The van der Waals surface area contributed by atoms with Crippen LogP contribution in [0.3, 0.4) is 0 Å². The van der Waals surface area contributed by atoms with Gasteiger partial charge in [-0.15, -0.1) is 24.0 Å². The van der Waals surface area contributed by atoms with Crippen LogP contribution in [0.2, 0.25) is 0 Å². The van der Waals surface area contributed by atoms with E-state index in [1.54, 1.807) is 14.2 Å². The zero-order valence-electron chi connectivity index (χ0n) is 16.0. The van der Waals surface area contributed by atoms with Crippen molar-refractivity contribution >= 4 is 35.8 Å². The molecular weight excluding hydrogens is 431 g/mol. The van der Waals surface area contributed by atoms with Crippen molar-refractivity contribution in [2.24, 2.45) is 10.4 Å². The highest BCUT2D eigenvalue weighted by molar-refractivity contribution is 14.0. The molecule has 0 radical (unpaired) electrons. The lowest BCUT2D eigenvalue weighted by atomic mass is 9.92. The van der Waals surface area contributed by atoms with Crippen molar-refractivity contribution in [3.05, 3.63) is 29.3 Å². The van der Waals surface area contributed by atoms with E-state index >= 15 is 0 Å². The van der Waals surface area contributed by atoms with Crippen molar-refractivity contribution < 1.29 is 9.53 Å². The Hall–Kier alpha value is -1.51. The van der Waals surface area contributed by atoms with E-state index in [1.807, 2.05) is 45.9 Å². The minimum absolute atomic E-state index is 0. The highest BCUT2D eigenvalue weighted by Crippen LogP contribution is 2.19. The van der Waals surface area contributed by atoms with Crippen molar-refractivity contribution in [3.8, 4) is 5.75 Å². The van der Waals surface area contributed by atoms with Crippen LogP contribution >= 0.6 is 24.0 Å². The predicted octanol–water partition coefficient (Wildman–Crippen LogP) is 2.45. The smallest absolute Gasteiger partial charge is 0.227 e. The summed E-state index contributed by atoms with van der Waals surface area (Å²) in [4.78, 5) is 16.2. The fourth-order valence-electron chi connectivity index (χ4n) is 2.18. The molecule has 0 aliphatic carbocycles. The third-order valence-electron chi connectivity index (χ3n) is 3.76. The number of guanidine groups is 1. The minimum Gasteiger partial charge on any atom is -0.496 e. The average molecular weight is 462 g/mol. The Morgan fingerprint density at radius 1 is 1.24 bits per heavy atom. The fraction of sp³-hybridized carbons (Fsp3) is 0.556. The third kappa shape index (κ3) is 7.50. The molecule has 1 aromatic carbocycles. The van der Waals surface area contributed by atoms with Crippen molar-refractivity contribution in [1.29, 1.82) is 0 Å². The van der Waals surface area contributed by atoms with E-state index in [1.165, 1.54) is 0 Å². The Kier molecular flexibility index (Phi) is 10.5. The lowest BCUT2D eigenvalue weighted by molar-refractivity contribution is -0.128. The van der Waals surface area contributed by atoms with E-state index in [9.17, 15) is 4.79 Å². The molecule has 0 bridgehead atoms. The average Bonchev–Trinajstić information content (AvgIpc) is 2.56. The Morgan fingerprint density at radius 3 is 2.48 bits per heavy atom. The van der Waals surface area contributed by atoms with Crippen molar-refractivity contribution in [2.75, 3.05) is 27.2 Å². The molecule has 3 N–H and O–H groups in total. The summed E-state index contributed by atoms with van der Waals surface area (Å²) < 4.78 is 5.41. The summed E-state index contributed by atoms with van der Waals surface area (Å²) in [5.74, 6) is 1.52. The number of amides is 1. The molecule has 1 amide bonds. The maximum Gasteiger partial charge on any atom is 0.227 e. The molecular formula is C18H31IN4O2. The molecule has 0 fully saturated rings. The number of carbonyl (C=O) groups is 1. The Labute approximate surface area is 168 Å². The monoisotopic (exact) mass is 462 g/mol. The molecule has 0 atom stereocenters. The van der Waals surface area contributed by atoms with Gasteiger partial charge in [0.05, 0.1) is 12.5 Å². The first kappa shape index (κ1) is 23.5. The molecule has 0 aromatic heterocycles. The Morgan fingerprint density at radius 2 is 1.92 bits per heavy atom. The molecule has 1 rings (SSSR count). The number of aryl methyl sites for hydroxylation is 1. The number of rotatable bonds is 7. The van der Waals surface area contributed by atoms with Crippen molar-refractivity contribution in [2.45, 2.75) is 34.2 Å². The van der Waals surface area contributed by atoms with Gasteiger partial charge < -0.3 is 20.7 Å². The fourth-order valence-corrected chi connectivity index (χ4v) is 2.18. The van der Waals surface area contributed by atoms with Crippen molar-refractivity contribution in [1.82, 2.24) is 16.0 Å². The highest BCUT2D eigenvalue weighted by Gasteiger charge is 2.27. The number of methoxy groups -OCH3 is 1. The summed E-state index contributed by atoms with van der Waals surface area (Å²) in [5, 5.41) is 9.31. The van der Waals surface area contributed by atoms with Crippen LogP contribution in [0.5, 0.6) is 5.75 Å². The number of carbonyl (C=O) groups excluding carboxylic acids is 1. The molecule has 0 saturated carbocycles. The van der Waals surface area contributed by atoms with Crippen LogP contribution in [-0.2, 0) is 11.3 Å². The summed E-state index contributed by atoms with van der Waals surface area (Å²) in [6, 6.07) is 6.09. The molecule has 6 nitrogen and oxygen atoms in total. The van der Waals surface area contributed by atoms with Crippen LogP contribution in [-0.4, -0.2) is 39.1 Å². The van der Waals surface area contributed by atoms with Gasteiger partial charge in [0, 0.05) is 32.2 Å². The number of halogens is 1. The molecule has 142 valence electrons. The Balaban J connectivity index is 0.00000576. The number of ether oxygens (including phenoxy) is 1. The van der Waals surface area contributed by atoms with E-state index in [0.29, 0.717) is 25.6 Å². The van der Waals surface area contributed by atoms with Crippen LogP contribution in [0.15, 0.2) is 23.2 Å². The maximum atomic E-state index is 12.0. The summed E-state index contributed by atoms with van der Waals surface area (Å²) in [5.41, 5.74) is 1.69. The van der Waals surface area contributed by atoms with Crippen LogP contribution in [0.25, 0.3) is 0 Å². The molecule has 25 heavy (non-hydrogen) atoms. The van der Waals surface area contributed by atoms with Crippen LogP contribution in [0.1, 0.15) is 31.9 Å². The molecule has 1 aromatic rings. The van der Waals surface area contributed by atoms with Crippen LogP contribution in [0.4, 0.5) is 0 Å². The second kappa shape index (κ2) is 11.2. The van der Waals surface area contributed by atoms with Gasteiger partial charge in [-0.2, -0.15) is 0 Å². The molecule has 0 aliphatic heterocycles. The summed E-state index contributed by atoms with van der Waals surface area (Å²) in [7, 11) is 3.38. The number of nitrogens with one attached hydrogen (secondary N) is 3. The maximum absolute atomic E-state index is 12.0. The number of hydrogen-bond acceptors (Lipinski definition) is 3. The minimum atomic E-state index is -0.519. The molecule has 0 aliphatic rings. The second-order valence-corrected chi connectivity index (χ2v) is 6.34. The quantitative estimate of drug-likeness (QED) is 0.331. The zero-order chi connectivity index (χ0) is 18.2. The second-order valence-electron chi connectivity index (χ2n) is 6.34. The standard InChI is InChI=1S/C18H30N4O2.HI/c1-7-20-16(23)18(3,4)12-22-17(19-5)21-11-14-9-8-13(2)10-15(14)24-6;/h8-10H,7,11-12H2,1-6H3,(H,20,23)(H2,19,21,22);1H. The van der Waals surface area contributed by atoms with E-state index in [0.717, 1.165) is 16.9 Å². The zero-order valence-corrected chi connectivity index (χ0v) is 18.4. The largest absolute Gasteiger partial charge is 0.496 e. The molecule has 7 heteroatoms. The van der Waals surface area contributed by atoms with E-state index in [2.05, 4.69) is 20.9 Å². The normalized spacial score (nSPS) is 11.4. The predicted molar refractivity (Wildman–Crippen MR) is 114 cm³/mol. The first-order valence-electron chi connectivity index (χ1n) is 8.20. The topological polar surface area (TPSA) is 74.8 Å². The van der Waals surface area contributed by atoms with Gasteiger partial charge in [0.2, 0.25) is 5.91 Å². The molecule has 0 unspecified atom stereocenters. The van der Waals surface area contributed by atoms with Gasteiger partial charge in [0.25, 0.3) is 0 Å². The highest BCUT2D eigenvalue weighted by atomic mass is 127. The van der Waals surface area contributed by atoms with E-state index in [4.69, 9.17) is 4.74 Å². The lowest BCUT2D eigenvalue weighted by Gasteiger charge is -2.25. The van der Waals surface area contributed by atoms with Gasteiger partial charge in [-0.3, -0.25) is 9.79 Å². The number of nitrogens with zero attached hydrogens (tertiary/aromatic N) is 1. The molecule has 0 heterocycles. The van der Waals surface area contributed by atoms with Gasteiger partial charge in [0.1, 0.15) is 5.75 Å².